The van der Waals surface area contributed by atoms with Gasteiger partial charge in [0.25, 0.3) is 0 Å². The van der Waals surface area contributed by atoms with Crippen LogP contribution in [0.4, 0.5) is 19.3 Å². The molecule has 0 unspecified atom stereocenters. The average Bonchev–Trinajstić information content (AvgIpc) is 2.58. The number of nitrogens with zero attached hydrogens (tertiary/aromatic N) is 1. The van der Waals surface area contributed by atoms with Crippen LogP contribution in [0.2, 0.25) is 0 Å². The van der Waals surface area contributed by atoms with E-state index in [0.717, 1.165) is 23.8 Å². The van der Waals surface area contributed by atoms with E-state index in [1.165, 1.54) is 12.3 Å². The Balaban J connectivity index is 2.20. The molecule has 0 atom stereocenters. The number of anilines is 1. The SMILES string of the molecule is O=C(O)Nc1c(-c2cc(F)ccc2F)ccnc1C1=CCOCC1. The second-order valence-electron chi connectivity index (χ2n) is 5.19. The number of pyridine rings is 1. The molecule has 7 heteroatoms. The molecule has 124 valence electrons. The van der Waals surface area contributed by atoms with Crippen molar-refractivity contribution in [2.45, 2.75) is 6.42 Å². The van der Waals surface area contributed by atoms with Crippen LogP contribution in [0.1, 0.15) is 12.1 Å². The van der Waals surface area contributed by atoms with Gasteiger partial charge in [0, 0.05) is 17.3 Å². The zero-order chi connectivity index (χ0) is 17.1. The molecule has 2 heterocycles. The molecule has 1 aliphatic rings. The number of nitrogens with one attached hydrogen (secondary N) is 1. The second-order valence-corrected chi connectivity index (χ2v) is 5.19. The van der Waals surface area contributed by atoms with Gasteiger partial charge < -0.3 is 9.84 Å². The van der Waals surface area contributed by atoms with Crippen molar-refractivity contribution in [1.29, 1.82) is 0 Å². The van der Waals surface area contributed by atoms with Crippen LogP contribution in [0.25, 0.3) is 16.7 Å². The van der Waals surface area contributed by atoms with Crippen molar-refractivity contribution >= 4 is 17.4 Å². The predicted molar refractivity (Wildman–Crippen MR) is 84.6 cm³/mol. The van der Waals surface area contributed by atoms with Crippen LogP contribution >= 0.6 is 0 Å². The molecule has 0 aliphatic carbocycles. The first kappa shape index (κ1) is 16.1. The molecule has 0 spiro atoms. The van der Waals surface area contributed by atoms with Crippen molar-refractivity contribution in [3.05, 3.63) is 53.9 Å². The average molecular weight is 332 g/mol. The molecule has 1 aromatic heterocycles. The number of hydrogen-bond donors (Lipinski definition) is 2. The van der Waals surface area contributed by atoms with E-state index in [1.807, 2.05) is 0 Å². The highest BCUT2D eigenvalue weighted by atomic mass is 19.1. The second kappa shape index (κ2) is 6.76. The van der Waals surface area contributed by atoms with Gasteiger partial charge in [0.2, 0.25) is 0 Å². The molecular formula is C17H14F2N2O3. The first-order valence-corrected chi connectivity index (χ1v) is 7.28. The molecule has 1 aromatic carbocycles. The summed E-state index contributed by atoms with van der Waals surface area (Å²) in [6.07, 6.45) is 2.48. The van der Waals surface area contributed by atoms with Crippen LogP contribution in [0.3, 0.4) is 0 Å². The Morgan fingerprint density at radius 1 is 1.25 bits per heavy atom. The summed E-state index contributed by atoms with van der Waals surface area (Å²) in [6.45, 7) is 0.876. The first-order valence-electron chi connectivity index (χ1n) is 7.28. The fourth-order valence-corrected chi connectivity index (χ4v) is 2.61. The fraction of sp³-hybridized carbons (Fsp3) is 0.176. The van der Waals surface area contributed by atoms with Gasteiger partial charge in [0.05, 0.1) is 24.6 Å². The number of rotatable bonds is 3. The molecule has 24 heavy (non-hydrogen) atoms. The topological polar surface area (TPSA) is 71.5 Å². The maximum Gasteiger partial charge on any atom is 0.409 e. The van der Waals surface area contributed by atoms with Gasteiger partial charge in [0.1, 0.15) is 11.6 Å². The Morgan fingerprint density at radius 3 is 2.79 bits per heavy atom. The highest BCUT2D eigenvalue weighted by Gasteiger charge is 2.20. The minimum atomic E-state index is -1.31. The lowest BCUT2D eigenvalue weighted by atomic mass is 9.98. The Hall–Kier alpha value is -2.80. The number of benzene rings is 1. The monoisotopic (exact) mass is 332 g/mol. The lowest BCUT2D eigenvalue weighted by molar-refractivity contribution is 0.161. The zero-order valence-corrected chi connectivity index (χ0v) is 12.6. The molecule has 0 saturated heterocycles. The lowest BCUT2D eigenvalue weighted by Gasteiger charge is -2.18. The summed E-state index contributed by atoms with van der Waals surface area (Å²) in [5.41, 5.74) is 1.51. The minimum absolute atomic E-state index is 0.0324. The molecule has 2 N–H and O–H groups in total. The number of aromatic nitrogens is 1. The molecule has 5 nitrogen and oxygen atoms in total. The molecule has 0 radical (unpaired) electrons. The van der Waals surface area contributed by atoms with E-state index >= 15 is 0 Å². The van der Waals surface area contributed by atoms with E-state index in [1.54, 1.807) is 6.08 Å². The molecule has 0 fully saturated rings. The van der Waals surface area contributed by atoms with Crippen LogP contribution in [-0.4, -0.2) is 29.4 Å². The number of amides is 1. The van der Waals surface area contributed by atoms with Gasteiger partial charge in [0.15, 0.2) is 0 Å². The van der Waals surface area contributed by atoms with Crippen molar-refractivity contribution in [2.24, 2.45) is 0 Å². The van der Waals surface area contributed by atoms with Crippen molar-refractivity contribution in [2.75, 3.05) is 18.5 Å². The van der Waals surface area contributed by atoms with Crippen LogP contribution < -0.4 is 5.32 Å². The van der Waals surface area contributed by atoms with Gasteiger partial charge in [-0.05, 0) is 36.3 Å². The van der Waals surface area contributed by atoms with Crippen molar-refractivity contribution in [1.82, 2.24) is 4.98 Å². The highest BCUT2D eigenvalue weighted by Crippen LogP contribution is 2.36. The van der Waals surface area contributed by atoms with Gasteiger partial charge in [-0.25, -0.2) is 13.6 Å². The summed E-state index contributed by atoms with van der Waals surface area (Å²) >= 11 is 0. The summed E-state index contributed by atoms with van der Waals surface area (Å²) in [5.74, 6) is -1.26. The molecule has 1 amide bonds. The Morgan fingerprint density at radius 2 is 2.08 bits per heavy atom. The number of carbonyl (C=O) groups is 1. The quantitative estimate of drug-likeness (QED) is 0.893. The predicted octanol–water partition coefficient (Wildman–Crippen LogP) is 3.92. The van der Waals surface area contributed by atoms with Gasteiger partial charge in [-0.15, -0.1) is 0 Å². The normalized spacial score (nSPS) is 14.2. The summed E-state index contributed by atoms with van der Waals surface area (Å²) in [7, 11) is 0. The van der Waals surface area contributed by atoms with Gasteiger partial charge in [-0.2, -0.15) is 0 Å². The third-order valence-electron chi connectivity index (χ3n) is 3.67. The zero-order valence-electron chi connectivity index (χ0n) is 12.6. The Bertz CT molecular complexity index is 821. The molecule has 2 aromatic rings. The molecule has 0 bridgehead atoms. The van der Waals surface area contributed by atoms with E-state index < -0.39 is 17.7 Å². The van der Waals surface area contributed by atoms with Crippen molar-refractivity contribution in [3.8, 4) is 11.1 Å². The van der Waals surface area contributed by atoms with E-state index in [-0.39, 0.29) is 16.8 Å². The Kier molecular flexibility index (Phi) is 4.52. The first-order chi connectivity index (χ1) is 11.6. The fourth-order valence-electron chi connectivity index (χ4n) is 2.61. The summed E-state index contributed by atoms with van der Waals surface area (Å²) < 4.78 is 32.9. The van der Waals surface area contributed by atoms with Crippen LogP contribution in [0, 0.1) is 11.6 Å². The van der Waals surface area contributed by atoms with E-state index in [4.69, 9.17) is 9.84 Å². The maximum atomic E-state index is 14.1. The maximum absolute atomic E-state index is 14.1. The van der Waals surface area contributed by atoms with Crippen molar-refractivity contribution < 1.29 is 23.4 Å². The van der Waals surface area contributed by atoms with E-state index in [0.29, 0.717) is 25.3 Å². The number of carboxylic acid groups (broad SMARTS) is 1. The lowest BCUT2D eigenvalue weighted by Crippen LogP contribution is -2.13. The summed E-state index contributed by atoms with van der Waals surface area (Å²) in [4.78, 5) is 15.4. The summed E-state index contributed by atoms with van der Waals surface area (Å²) in [6, 6.07) is 4.49. The minimum Gasteiger partial charge on any atom is -0.465 e. The largest absolute Gasteiger partial charge is 0.465 e. The van der Waals surface area contributed by atoms with Gasteiger partial charge in [-0.3, -0.25) is 10.3 Å². The number of ether oxygens (including phenoxy) is 1. The van der Waals surface area contributed by atoms with Crippen LogP contribution in [-0.2, 0) is 4.74 Å². The molecule has 0 saturated carbocycles. The van der Waals surface area contributed by atoms with Crippen molar-refractivity contribution in [3.63, 3.8) is 0 Å². The number of halogens is 2. The third-order valence-corrected chi connectivity index (χ3v) is 3.67. The molecule has 1 aliphatic heterocycles. The smallest absolute Gasteiger partial charge is 0.409 e. The number of hydrogen-bond acceptors (Lipinski definition) is 3. The van der Waals surface area contributed by atoms with Gasteiger partial charge >= 0.3 is 6.09 Å². The third kappa shape index (κ3) is 3.26. The van der Waals surface area contributed by atoms with Gasteiger partial charge in [-0.1, -0.05) is 6.08 Å². The van der Waals surface area contributed by atoms with E-state index in [9.17, 15) is 13.6 Å². The highest BCUT2D eigenvalue weighted by molar-refractivity contribution is 5.95. The summed E-state index contributed by atoms with van der Waals surface area (Å²) in [5, 5.41) is 11.4. The van der Waals surface area contributed by atoms with Crippen LogP contribution in [0.5, 0.6) is 0 Å². The van der Waals surface area contributed by atoms with Crippen LogP contribution in [0.15, 0.2) is 36.5 Å². The Labute approximate surface area is 136 Å². The van der Waals surface area contributed by atoms with E-state index in [2.05, 4.69) is 10.3 Å². The molecular weight excluding hydrogens is 318 g/mol. The standard InChI is InChI=1S/C17H14F2N2O3/c18-11-1-2-14(19)13(9-11)12-3-6-20-15(16(12)21-17(22)23)10-4-7-24-8-5-10/h1-4,6,9,21H,5,7-8H2,(H,22,23). The molecule has 3 rings (SSSR count).